The first-order valence-corrected chi connectivity index (χ1v) is 15.3. The number of likely N-dealkylation sites (N-methyl/N-ethyl adjacent to an activating group) is 1. The first-order chi connectivity index (χ1) is 20.3. The summed E-state index contributed by atoms with van der Waals surface area (Å²) in [6, 6.07) is 3.07. The Hall–Kier alpha value is -2.86. The maximum atomic E-state index is 15.3. The fourth-order valence-electron chi connectivity index (χ4n) is 5.79. The SMILES string of the molecule is CN1CCN(Cc2ncc(Cl)c(C(=O)N[C@@H](CCOC3CC(CCc4ccc5c(n4)NCCC5)C3)C(=O)O)c2F)CC1. The number of pyridine rings is 2. The number of carboxylic acids is 1. The van der Waals surface area contributed by atoms with E-state index in [1.54, 1.807) is 0 Å². The molecule has 1 atom stereocenters. The zero-order valence-corrected chi connectivity index (χ0v) is 24.8. The number of aromatic nitrogens is 2. The Kier molecular flexibility index (Phi) is 10.3. The van der Waals surface area contributed by atoms with E-state index >= 15 is 4.39 Å². The molecule has 228 valence electrons. The number of aliphatic carboxylic acids is 1. The van der Waals surface area contributed by atoms with Gasteiger partial charge in [0.05, 0.1) is 22.4 Å². The van der Waals surface area contributed by atoms with Crippen LogP contribution in [0.1, 0.15) is 59.4 Å². The molecule has 0 spiro atoms. The molecule has 42 heavy (non-hydrogen) atoms. The van der Waals surface area contributed by atoms with E-state index in [0.717, 1.165) is 82.8 Å². The van der Waals surface area contributed by atoms with Gasteiger partial charge in [-0.25, -0.2) is 14.2 Å². The third-order valence-corrected chi connectivity index (χ3v) is 8.84. The molecule has 10 nitrogen and oxygen atoms in total. The molecular formula is C30H40ClFN6O4. The summed E-state index contributed by atoms with van der Waals surface area (Å²) in [4.78, 5) is 38.0. The number of nitrogens with zero attached hydrogens (tertiary/aromatic N) is 4. The van der Waals surface area contributed by atoms with E-state index in [0.29, 0.717) is 5.92 Å². The van der Waals surface area contributed by atoms with Crippen molar-refractivity contribution in [3.8, 4) is 0 Å². The summed E-state index contributed by atoms with van der Waals surface area (Å²) in [5.41, 5.74) is 2.12. The van der Waals surface area contributed by atoms with Gasteiger partial charge < -0.3 is 25.4 Å². The molecule has 2 aromatic rings. The highest BCUT2D eigenvalue weighted by Crippen LogP contribution is 2.34. The smallest absolute Gasteiger partial charge is 0.326 e. The minimum absolute atomic E-state index is 0.0623. The van der Waals surface area contributed by atoms with Crippen LogP contribution >= 0.6 is 11.6 Å². The first-order valence-electron chi connectivity index (χ1n) is 14.9. The number of aryl methyl sites for hydroxylation is 2. The van der Waals surface area contributed by atoms with Crippen molar-refractivity contribution in [2.24, 2.45) is 5.92 Å². The van der Waals surface area contributed by atoms with E-state index in [1.165, 1.54) is 11.8 Å². The Balaban J connectivity index is 1.06. The number of carbonyl (C=O) groups is 2. The molecule has 4 heterocycles. The van der Waals surface area contributed by atoms with Crippen LogP contribution < -0.4 is 10.6 Å². The number of amides is 1. The van der Waals surface area contributed by atoms with Crippen molar-refractivity contribution in [2.45, 2.75) is 63.6 Å². The van der Waals surface area contributed by atoms with Gasteiger partial charge in [-0.15, -0.1) is 0 Å². The maximum Gasteiger partial charge on any atom is 0.326 e. The van der Waals surface area contributed by atoms with Gasteiger partial charge in [-0.2, -0.15) is 0 Å². The quantitative estimate of drug-likeness (QED) is 0.336. The molecule has 1 saturated carbocycles. The molecule has 2 fully saturated rings. The average molecular weight is 603 g/mol. The Labute approximate surface area is 251 Å². The number of ether oxygens (including phenoxy) is 1. The van der Waals surface area contributed by atoms with E-state index in [1.807, 2.05) is 7.05 Å². The molecular weight excluding hydrogens is 563 g/mol. The molecule has 1 saturated heterocycles. The molecule has 0 radical (unpaired) electrons. The number of hydrogen-bond donors (Lipinski definition) is 3. The zero-order chi connectivity index (χ0) is 29.6. The summed E-state index contributed by atoms with van der Waals surface area (Å²) in [5, 5.41) is 15.4. The van der Waals surface area contributed by atoms with Crippen LogP contribution in [-0.2, 0) is 28.9 Å². The number of halogens is 2. The number of rotatable bonds is 12. The van der Waals surface area contributed by atoms with Crippen LogP contribution in [0.4, 0.5) is 10.2 Å². The minimum atomic E-state index is -1.23. The van der Waals surface area contributed by atoms with E-state index in [2.05, 4.69) is 37.6 Å². The van der Waals surface area contributed by atoms with Gasteiger partial charge in [0.2, 0.25) is 0 Å². The van der Waals surface area contributed by atoms with Gasteiger partial charge in [-0.3, -0.25) is 14.7 Å². The summed E-state index contributed by atoms with van der Waals surface area (Å²) in [6.45, 7) is 4.63. The summed E-state index contributed by atoms with van der Waals surface area (Å²) >= 11 is 6.14. The monoisotopic (exact) mass is 602 g/mol. The lowest BCUT2D eigenvalue weighted by atomic mass is 9.79. The van der Waals surface area contributed by atoms with E-state index in [-0.39, 0.29) is 42.0 Å². The summed E-state index contributed by atoms with van der Waals surface area (Å²) in [7, 11) is 2.03. The fraction of sp³-hybridized carbons (Fsp3) is 0.600. The predicted octanol–water partition coefficient (Wildman–Crippen LogP) is 3.38. The van der Waals surface area contributed by atoms with E-state index in [9.17, 15) is 14.7 Å². The van der Waals surface area contributed by atoms with Crippen molar-refractivity contribution in [3.05, 3.63) is 51.7 Å². The van der Waals surface area contributed by atoms with Gasteiger partial charge in [-0.05, 0) is 63.1 Å². The second-order valence-corrected chi connectivity index (χ2v) is 12.1. The Morgan fingerprint density at radius 1 is 1.26 bits per heavy atom. The summed E-state index contributed by atoms with van der Waals surface area (Å²) < 4.78 is 21.2. The second-order valence-electron chi connectivity index (χ2n) is 11.7. The molecule has 3 aliphatic rings. The molecule has 0 aromatic carbocycles. The summed E-state index contributed by atoms with van der Waals surface area (Å²) in [5.74, 6) is -1.33. The van der Waals surface area contributed by atoms with Crippen molar-refractivity contribution in [1.29, 1.82) is 0 Å². The van der Waals surface area contributed by atoms with Crippen LogP contribution in [0.15, 0.2) is 18.3 Å². The zero-order valence-electron chi connectivity index (χ0n) is 24.1. The average Bonchev–Trinajstić information content (AvgIpc) is 2.95. The van der Waals surface area contributed by atoms with Gasteiger partial charge in [0, 0.05) is 64.2 Å². The fourth-order valence-corrected chi connectivity index (χ4v) is 6.01. The molecule has 12 heteroatoms. The van der Waals surface area contributed by atoms with Crippen LogP contribution in [-0.4, -0.2) is 95.3 Å². The van der Waals surface area contributed by atoms with Crippen LogP contribution in [0.3, 0.4) is 0 Å². The van der Waals surface area contributed by atoms with Crippen LogP contribution in [0, 0.1) is 11.7 Å². The van der Waals surface area contributed by atoms with Crippen molar-refractivity contribution in [1.82, 2.24) is 25.1 Å². The predicted molar refractivity (Wildman–Crippen MR) is 157 cm³/mol. The normalized spacial score (nSPS) is 21.6. The molecule has 0 bridgehead atoms. The van der Waals surface area contributed by atoms with E-state index in [4.69, 9.17) is 21.3 Å². The maximum absolute atomic E-state index is 15.3. The van der Waals surface area contributed by atoms with Crippen molar-refractivity contribution < 1.29 is 23.8 Å². The number of anilines is 1. The van der Waals surface area contributed by atoms with Crippen LogP contribution in [0.25, 0.3) is 0 Å². The Bertz CT molecular complexity index is 1270. The second kappa shape index (κ2) is 14.1. The van der Waals surface area contributed by atoms with Gasteiger partial charge in [0.15, 0.2) is 5.82 Å². The lowest BCUT2D eigenvalue weighted by Gasteiger charge is -2.35. The van der Waals surface area contributed by atoms with Gasteiger partial charge in [-0.1, -0.05) is 17.7 Å². The number of fused-ring (bicyclic) bond motifs is 1. The number of piperazine rings is 1. The summed E-state index contributed by atoms with van der Waals surface area (Å²) in [6.07, 6.45) is 7.40. The van der Waals surface area contributed by atoms with Crippen molar-refractivity contribution in [2.75, 3.05) is 51.7 Å². The number of carbonyl (C=O) groups excluding carboxylic acids is 1. The largest absolute Gasteiger partial charge is 0.480 e. The molecule has 3 N–H and O–H groups in total. The molecule has 2 aliphatic heterocycles. The molecule has 2 aromatic heterocycles. The van der Waals surface area contributed by atoms with E-state index < -0.39 is 23.7 Å². The lowest BCUT2D eigenvalue weighted by Crippen LogP contribution is -2.44. The lowest BCUT2D eigenvalue weighted by molar-refractivity contribution is -0.140. The van der Waals surface area contributed by atoms with Crippen molar-refractivity contribution in [3.63, 3.8) is 0 Å². The van der Waals surface area contributed by atoms with Crippen molar-refractivity contribution >= 4 is 29.3 Å². The topological polar surface area (TPSA) is 120 Å². The van der Waals surface area contributed by atoms with Gasteiger partial charge in [0.1, 0.15) is 11.9 Å². The standard InChI is InChI=1S/C30H40ClFN6O4/c1-37-10-12-38(13-11-37)18-25-27(32)26(23(31)17-34-25)29(39)36-24(30(40)41)8-14-42-22-15-19(16-22)4-6-21-7-5-20-3-2-9-33-28(20)35-21/h5,7,17,19,22,24H,2-4,6,8-16,18H2,1H3,(H,33,35)(H,36,39)(H,40,41)/t19?,22?,24-/m0/s1. The Morgan fingerprint density at radius 3 is 2.81 bits per heavy atom. The molecule has 5 rings (SSSR count). The number of nitrogens with one attached hydrogen (secondary N) is 2. The number of carboxylic acid groups (broad SMARTS) is 1. The molecule has 0 unspecified atom stereocenters. The minimum Gasteiger partial charge on any atom is -0.480 e. The third-order valence-electron chi connectivity index (χ3n) is 8.56. The highest BCUT2D eigenvalue weighted by atomic mass is 35.5. The molecule has 1 aliphatic carbocycles. The highest BCUT2D eigenvalue weighted by molar-refractivity contribution is 6.33. The highest BCUT2D eigenvalue weighted by Gasteiger charge is 2.31. The number of hydrogen-bond acceptors (Lipinski definition) is 8. The third kappa shape index (κ3) is 7.75. The van der Waals surface area contributed by atoms with Crippen LogP contribution in [0.2, 0.25) is 5.02 Å². The van der Waals surface area contributed by atoms with Gasteiger partial charge >= 0.3 is 5.97 Å². The first kappa shape index (κ1) is 30.6. The van der Waals surface area contributed by atoms with Crippen LogP contribution in [0.5, 0.6) is 0 Å². The van der Waals surface area contributed by atoms with Gasteiger partial charge in [0.25, 0.3) is 5.91 Å². The molecule has 1 amide bonds. The Morgan fingerprint density at radius 2 is 2.05 bits per heavy atom.